The summed E-state index contributed by atoms with van der Waals surface area (Å²) in [5, 5.41) is 13.8. The summed E-state index contributed by atoms with van der Waals surface area (Å²) in [5.74, 6) is -2.79. The van der Waals surface area contributed by atoms with Crippen LogP contribution in [-0.2, 0) is 4.79 Å². The van der Waals surface area contributed by atoms with Crippen LogP contribution in [0.3, 0.4) is 0 Å². The van der Waals surface area contributed by atoms with Crippen LogP contribution < -0.4 is 15.1 Å². The minimum atomic E-state index is -5.08. The number of rotatable bonds is 4. The van der Waals surface area contributed by atoms with Gasteiger partial charge in [-0.05, 0) is 51.5 Å². The Morgan fingerprint density at radius 3 is 2.25 bits per heavy atom. The number of nitrogens with zero attached hydrogens (tertiary/aromatic N) is 1. The van der Waals surface area contributed by atoms with Gasteiger partial charge < -0.3 is 15.7 Å². The molecule has 3 atom stereocenters. The van der Waals surface area contributed by atoms with E-state index in [0.29, 0.717) is 12.1 Å². The van der Waals surface area contributed by atoms with E-state index in [-0.39, 0.29) is 5.91 Å². The van der Waals surface area contributed by atoms with Crippen molar-refractivity contribution in [3.05, 3.63) is 58.7 Å². The minimum absolute atomic E-state index is 0.0342. The Morgan fingerprint density at radius 1 is 1.06 bits per heavy atom. The Labute approximate surface area is 210 Å². The summed E-state index contributed by atoms with van der Waals surface area (Å²) in [5.41, 5.74) is 6.53. The molecular formula is C27H35F3N3O3+. The van der Waals surface area contributed by atoms with E-state index in [1.54, 1.807) is 0 Å². The number of benzene rings is 2. The fourth-order valence-corrected chi connectivity index (χ4v) is 5.70. The highest BCUT2D eigenvalue weighted by molar-refractivity contribution is 6.05. The summed E-state index contributed by atoms with van der Waals surface area (Å²) in [4.78, 5) is 21.7. The average Bonchev–Trinajstić information content (AvgIpc) is 3.44. The molecule has 36 heavy (non-hydrogen) atoms. The van der Waals surface area contributed by atoms with Crippen molar-refractivity contribution < 1.29 is 27.9 Å². The third kappa shape index (κ3) is 5.90. The molecule has 3 N–H and O–H groups in total. The zero-order chi connectivity index (χ0) is 26.7. The molecule has 6 nitrogen and oxygen atoms in total. The van der Waals surface area contributed by atoms with E-state index in [1.165, 1.54) is 42.6 Å². The van der Waals surface area contributed by atoms with Crippen molar-refractivity contribution in [1.29, 1.82) is 0 Å². The molecule has 2 fully saturated rings. The lowest BCUT2D eigenvalue weighted by molar-refractivity contribution is -0.192. The first-order valence-corrected chi connectivity index (χ1v) is 12.2. The number of anilines is 1. The van der Waals surface area contributed by atoms with Gasteiger partial charge in [0.15, 0.2) is 0 Å². The largest absolute Gasteiger partial charge is 0.490 e. The van der Waals surface area contributed by atoms with Gasteiger partial charge >= 0.3 is 12.1 Å². The number of carbonyl (C=O) groups is 2. The normalized spacial score (nSPS) is 23.6. The number of aliphatic carboxylic acids is 1. The maximum Gasteiger partial charge on any atom is 0.490 e. The number of quaternary nitrogens is 1. The van der Waals surface area contributed by atoms with Crippen molar-refractivity contribution in [3.8, 4) is 0 Å². The molecule has 9 heteroatoms. The molecule has 3 unspecified atom stereocenters. The summed E-state index contributed by atoms with van der Waals surface area (Å²) >= 11 is 0. The molecule has 0 spiro atoms. The van der Waals surface area contributed by atoms with Crippen molar-refractivity contribution in [2.24, 2.45) is 0 Å². The Bertz CT molecular complexity index is 1110. The number of nitrogens with one attached hydrogen (secondary N) is 2. The quantitative estimate of drug-likeness (QED) is 0.489. The first-order valence-electron chi connectivity index (χ1n) is 12.2. The molecule has 0 saturated carbocycles. The Morgan fingerprint density at radius 2 is 1.75 bits per heavy atom. The smallest absolute Gasteiger partial charge is 0.475 e. The third-order valence-corrected chi connectivity index (χ3v) is 7.39. The monoisotopic (exact) mass is 506 g/mol. The number of aryl methyl sites for hydroxylation is 3. The Balaban J connectivity index is 0.000000454. The van der Waals surface area contributed by atoms with Gasteiger partial charge in [0.2, 0.25) is 0 Å². The molecule has 196 valence electrons. The van der Waals surface area contributed by atoms with Crippen LogP contribution in [-0.4, -0.2) is 54.9 Å². The third-order valence-electron chi connectivity index (χ3n) is 7.39. The molecule has 2 saturated heterocycles. The van der Waals surface area contributed by atoms with Gasteiger partial charge in [0.05, 0.1) is 12.6 Å². The molecule has 0 aliphatic carbocycles. The zero-order valence-corrected chi connectivity index (χ0v) is 21.2. The van der Waals surface area contributed by atoms with Gasteiger partial charge in [0.25, 0.3) is 5.91 Å². The van der Waals surface area contributed by atoms with Gasteiger partial charge in [0.1, 0.15) is 11.7 Å². The molecule has 1 amide bonds. The molecule has 0 radical (unpaired) electrons. The maximum atomic E-state index is 12.8. The molecule has 0 aromatic heterocycles. The first-order chi connectivity index (χ1) is 16.9. The van der Waals surface area contributed by atoms with Crippen molar-refractivity contribution >= 4 is 23.3 Å². The van der Waals surface area contributed by atoms with Crippen LogP contribution in [0, 0.1) is 20.8 Å². The minimum Gasteiger partial charge on any atom is -0.475 e. The Kier molecular flexibility index (Phi) is 8.46. The topological polar surface area (TPSA) is 78.4 Å². The van der Waals surface area contributed by atoms with E-state index in [2.05, 4.69) is 55.7 Å². The van der Waals surface area contributed by atoms with Crippen molar-refractivity contribution in [2.75, 3.05) is 25.0 Å². The molecular weight excluding hydrogens is 471 g/mol. The highest BCUT2D eigenvalue weighted by Gasteiger charge is 2.48. The lowest BCUT2D eigenvalue weighted by atomic mass is 10.0. The van der Waals surface area contributed by atoms with Crippen LogP contribution in [0.15, 0.2) is 36.4 Å². The first kappa shape index (κ1) is 27.7. The molecule has 2 aromatic rings. The lowest BCUT2D eigenvalue weighted by Crippen LogP contribution is -2.60. The van der Waals surface area contributed by atoms with Crippen molar-refractivity contribution in [2.45, 2.75) is 65.2 Å². The number of carbonyl (C=O) groups excluding carboxylic acids is 1. The summed E-state index contributed by atoms with van der Waals surface area (Å²) in [6, 6.07) is 13.8. The van der Waals surface area contributed by atoms with E-state index in [0.717, 1.165) is 34.4 Å². The zero-order valence-electron chi connectivity index (χ0n) is 21.2. The van der Waals surface area contributed by atoms with E-state index >= 15 is 0 Å². The number of likely N-dealkylation sites (tertiary alicyclic amines) is 1. The van der Waals surface area contributed by atoms with Crippen molar-refractivity contribution in [1.82, 2.24) is 9.80 Å². The highest BCUT2D eigenvalue weighted by Crippen LogP contribution is 2.41. The van der Waals surface area contributed by atoms with Gasteiger partial charge in [0, 0.05) is 55.2 Å². The molecule has 4 rings (SSSR count). The summed E-state index contributed by atoms with van der Waals surface area (Å²) in [7, 11) is 0. The number of alkyl halides is 3. The van der Waals surface area contributed by atoms with Gasteiger partial charge in [-0.25, -0.2) is 4.79 Å². The summed E-state index contributed by atoms with van der Waals surface area (Å²) in [6.45, 7) is 12.1. The van der Waals surface area contributed by atoms with E-state index < -0.39 is 12.1 Å². The van der Waals surface area contributed by atoms with Crippen LogP contribution in [0.25, 0.3) is 0 Å². The van der Waals surface area contributed by atoms with Crippen molar-refractivity contribution in [3.63, 3.8) is 0 Å². The van der Waals surface area contributed by atoms with E-state index in [9.17, 15) is 18.0 Å². The van der Waals surface area contributed by atoms with Gasteiger partial charge in [-0.15, -0.1) is 0 Å². The number of halogens is 3. The summed E-state index contributed by atoms with van der Waals surface area (Å²) in [6.07, 6.45) is -1.25. The number of carboxylic acid groups (broad SMARTS) is 1. The molecule has 2 heterocycles. The molecule has 2 aromatic carbocycles. The van der Waals surface area contributed by atoms with Crippen LogP contribution in [0.1, 0.15) is 53.2 Å². The molecule has 0 bridgehead atoms. The number of hydrogen-bond donors (Lipinski definition) is 3. The van der Waals surface area contributed by atoms with Gasteiger partial charge in [-0.1, -0.05) is 17.7 Å². The fourth-order valence-electron chi connectivity index (χ4n) is 5.70. The Hall–Kier alpha value is -2.91. The number of carboxylic acids is 1. The van der Waals surface area contributed by atoms with Crippen LogP contribution in [0.4, 0.5) is 24.5 Å². The van der Waals surface area contributed by atoms with Crippen LogP contribution >= 0.6 is 0 Å². The van der Waals surface area contributed by atoms with E-state index in [1.807, 2.05) is 19.1 Å². The second kappa shape index (κ2) is 11.0. The van der Waals surface area contributed by atoms with Gasteiger partial charge in [-0.3, -0.25) is 9.28 Å². The van der Waals surface area contributed by atoms with Crippen LogP contribution in [0.2, 0.25) is 0 Å². The molecule has 2 aliphatic rings. The molecule has 2 aliphatic heterocycles. The number of hydrogen-bond acceptors (Lipinski definition) is 3. The lowest BCUT2D eigenvalue weighted by Gasteiger charge is -2.44. The number of amides is 1. The second-order valence-corrected chi connectivity index (χ2v) is 9.87. The fraction of sp³-hybridized carbons (Fsp3) is 0.481. The SMILES string of the molecule is Cc1ccc(C(=O)Nc2ccc([N+]3(C4CCNC4)CCCC3C)c(C)c2)c(C)c1.O=C(O)C(F)(F)F. The standard InChI is InChI=1S/C25H33N3O.C2HF3O2/c1-17-7-9-23(18(2)14-17)25(29)27-21-8-10-24(19(3)15-21)28(13-5-6-20(28)4)22-11-12-26-16-22;3-2(4,5)1(6)7/h7-10,14-15,20,22,26H,5-6,11-13,16H2,1-4H3;(H,6,7)/p+1. The van der Waals surface area contributed by atoms with Crippen LogP contribution in [0.5, 0.6) is 0 Å². The highest BCUT2D eigenvalue weighted by atomic mass is 19.4. The average molecular weight is 507 g/mol. The van der Waals surface area contributed by atoms with E-state index in [4.69, 9.17) is 9.90 Å². The van der Waals surface area contributed by atoms with Gasteiger partial charge in [-0.2, -0.15) is 13.2 Å². The predicted octanol–water partition coefficient (Wildman–Crippen LogP) is 5.35. The predicted molar refractivity (Wildman–Crippen MR) is 135 cm³/mol. The summed E-state index contributed by atoms with van der Waals surface area (Å²) < 4.78 is 32.8. The maximum absolute atomic E-state index is 12.8. The second-order valence-electron chi connectivity index (χ2n) is 9.87.